The monoisotopic (exact) mass is 399 g/mol. The van der Waals surface area contributed by atoms with Gasteiger partial charge in [0.15, 0.2) is 0 Å². The zero-order valence-electron chi connectivity index (χ0n) is 17.3. The Hall–Kier alpha value is -2.04. The van der Waals surface area contributed by atoms with Crippen LogP contribution in [0.15, 0.2) is 36.4 Å². The van der Waals surface area contributed by atoms with Gasteiger partial charge in [-0.15, -0.1) is 0 Å². The van der Waals surface area contributed by atoms with Crippen LogP contribution in [0, 0.1) is 13.8 Å². The summed E-state index contributed by atoms with van der Waals surface area (Å²) in [5, 5.41) is 0.710. The van der Waals surface area contributed by atoms with Crippen LogP contribution < -0.4 is 4.74 Å². The van der Waals surface area contributed by atoms with Crippen LogP contribution in [0.5, 0.6) is 5.75 Å². The molecule has 2 aromatic carbocycles. The van der Waals surface area contributed by atoms with Gasteiger partial charge in [-0.2, -0.15) is 0 Å². The molecule has 150 valence electrons. The molecule has 0 saturated heterocycles. The van der Waals surface area contributed by atoms with Crippen LogP contribution in [0.4, 0.5) is 0 Å². The summed E-state index contributed by atoms with van der Waals surface area (Å²) in [5.41, 5.74) is 4.42. The van der Waals surface area contributed by atoms with Crippen LogP contribution >= 0.6 is 11.6 Å². The molecule has 0 aliphatic heterocycles. The van der Waals surface area contributed by atoms with Crippen molar-refractivity contribution < 1.29 is 4.74 Å². The first-order valence-electron chi connectivity index (χ1n) is 10.1. The smallest absolute Gasteiger partial charge is 0.147 e. The molecule has 1 aromatic heterocycles. The number of aryl methyl sites for hydroxylation is 3. The first kappa shape index (κ1) is 20.7. The van der Waals surface area contributed by atoms with Gasteiger partial charge < -0.3 is 14.2 Å². The summed E-state index contributed by atoms with van der Waals surface area (Å²) in [4.78, 5) is 7.26. The number of fused-ring (bicyclic) bond motifs is 1. The molecule has 5 heteroatoms. The van der Waals surface area contributed by atoms with Gasteiger partial charge in [0.1, 0.15) is 18.2 Å². The van der Waals surface area contributed by atoms with Crippen LogP contribution in [0.2, 0.25) is 5.02 Å². The van der Waals surface area contributed by atoms with E-state index in [2.05, 4.69) is 55.4 Å². The standard InChI is InChI=1S/C23H30ClN3O/c1-5-26(6-2)12-7-13-27-21-10-9-19(24)15-20(21)25-23(27)16-28-22-11-8-17(3)14-18(22)4/h8-11,14-15H,5-7,12-13,16H2,1-4H3. The minimum atomic E-state index is 0.446. The van der Waals surface area contributed by atoms with Gasteiger partial charge in [0, 0.05) is 11.6 Å². The Morgan fingerprint density at radius 2 is 1.86 bits per heavy atom. The molecule has 0 amide bonds. The Morgan fingerprint density at radius 1 is 1.07 bits per heavy atom. The molecular weight excluding hydrogens is 370 g/mol. The molecule has 0 unspecified atom stereocenters. The highest BCUT2D eigenvalue weighted by atomic mass is 35.5. The first-order valence-corrected chi connectivity index (χ1v) is 10.5. The predicted octanol–water partition coefficient (Wildman–Crippen LogP) is 5.62. The molecule has 3 aromatic rings. The van der Waals surface area contributed by atoms with E-state index < -0.39 is 0 Å². The molecule has 0 saturated carbocycles. The summed E-state index contributed by atoms with van der Waals surface area (Å²) < 4.78 is 8.40. The topological polar surface area (TPSA) is 30.3 Å². The Balaban J connectivity index is 1.81. The SMILES string of the molecule is CCN(CC)CCCn1c(COc2ccc(C)cc2C)nc2cc(Cl)ccc21. The van der Waals surface area contributed by atoms with E-state index in [0.29, 0.717) is 11.6 Å². The fourth-order valence-corrected chi connectivity index (χ4v) is 3.77. The van der Waals surface area contributed by atoms with Gasteiger partial charge in [-0.25, -0.2) is 4.98 Å². The Labute approximate surface area is 173 Å². The molecule has 0 N–H and O–H groups in total. The largest absolute Gasteiger partial charge is 0.485 e. The summed E-state index contributed by atoms with van der Waals surface area (Å²) in [6.45, 7) is 13.2. The molecule has 0 aliphatic carbocycles. The number of rotatable bonds is 9. The van der Waals surface area contributed by atoms with Gasteiger partial charge in [-0.1, -0.05) is 43.1 Å². The lowest BCUT2D eigenvalue weighted by Gasteiger charge is -2.18. The summed E-state index contributed by atoms with van der Waals surface area (Å²) in [5.74, 6) is 1.85. The third-order valence-electron chi connectivity index (χ3n) is 5.23. The zero-order chi connectivity index (χ0) is 20.1. The van der Waals surface area contributed by atoms with E-state index >= 15 is 0 Å². The maximum Gasteiger partial charge on any atom is 0.147 e. The van der Waals surface area contributed by atoms with Crippen LogP contribution in [0.3, 0.4) is 0 Å². The fourth-order valence-electron chi connectivity index (χ4n) is 3.61. The highest BCUT2D eigenvalue weighted by molar-refractivity contribution is 6.31. The summed E-state index contributed by atoms with van der Waals surface area (Å²) in [6.07, 6.45) is 1.08. The molecule has 4 nitrogen and oxygen atoms in total. The van der Waals surface area contributed by atoms with Gasteiger partial charge in [-0.05, 0) is 69.7 Å². The summed E-state index contributed by atoms with van der Waals surface area (Å²) in [6, 6.07) is 12.2. The quantitative estimate of drug-likeness (QED) is 0.468. The lowest BCUT2D eigenvalue weighted by atomic mass is 10.1. The Bertz CT molecular complexity index is 931. The number of ether oxygens (including phenoxy) is 1. The van der Waals surface area contributed by atoms with E-state index in [1.165, 1.54) is 5.56 Å². The van der Waals surface area contributed by atoms with Crippen molar-refractivity contribution in [1.82, 2.24) is 14.5 Å². The maximum absolute atomic E-state index is 6.19. The second-order valence-corrected chi connectivity index (χ2v) is 7.69. The van der Waals surface area contributed by atoms with Crippen molar-refractivity contribution in [3.63, 3.8) is 0 Å². The molecule has 3 rings (SSSR count). The second-order valence-electron chi connectivity index (χ2n) is 7.25. The minimum Gasteiger partial charge on any atom is -0.485 e. The lowest BCUT2D eigenvalue weighted by Crippen LogP contribution is -2.25. The highest BCUT2D eigenvalue weighted by Crippen LogP contribution is 2.24. The molecule has 0 spiro atoms. The Morgan fingerprint density at radius 3 is 2.57 bits per heavy atom. The van der Waals surface area contributed by atoms with Crippen molar-refractivity contribution in [2.75, 3.05) is 19.6 Å². The van der Waals surface area contributed by atoms with E-state index in [4.69, 9.17) is 21.3 Å². The average Bonchev–Trinajstić information content (AvgIpc) is 3.01. The number of nitrogens with zero attached hydrogens (tertiary/aromatic N) is 3. The molecule has 0 fully saturated rings. The molecule has 1 heterocycles. The lowest BCUT2D eigenvalue weighted by molar-refractivity contribution is 0.278. The average molecular weight is 400 g/mol. The molecule has 0 atom stereocenters. The number of imidazole rings is 1. The van der Waals surface area contributed by atoms with Gasteiger partial charge in [0.25, 0.3) is 0 Å². The van der Waals surface area contributed by atoms with Crippen molar-refractivity contribution in [3.8, 4) is 5.75 Å². The van der Waals surface area contributed by atoms with Gasteiger partial charge in [-0.3, -0.25) is 0 Å². The van der Waals surface area contributed by atoms with Crippen LogP contribution in [-0.4, -0.2) is 34.1 Å². The van der Waals surface area contributed by atoms with E-state index in [-0.39, 0.29) is 0 Å². The molecule has 0 bridgehead atoms. The second kappa shape index (κ2) is 9.44. The van der Waals surface area contributed by atoms with E-state index in [1.54, 1.807) is 0 Å². The van der Waals surface area contributed by atoms with Crippen molar-refractivity contribution in [2.45, 2.75) is 47.3 Å². The number of halogens is 1. The van der Waals surface area contributed by atoms with Crippen LogP contribution in [-0.2, 0) is 13.2 Å². The van der Waals surface area contributed by atoms with Crippen molar-refractivity contribution in [1.29, 1.82) is 0 Å². The van der Waals surface area contributed by atoms with Crippen molar-refractivity contribution in [2.24, 2.45) is 0 Å². The third-order valence-corrected chi connectivity index (χ3v) is 5.46. The number of aromatic nitrogens is 2. The molecule has 0 aliphatic rings. The minimum absolute atomic E-state index is 0.446. The van der Waals surface area contributed by atoms with E-state index in [0.717, 1.165) is 60.8 Å². The maximum atomic E-state index is 6.19. The third kappa shape index (κ3) is 4.86. The summed E-state index contributed by atoms with van der Waals surface area (Å²) in [7, 11) is 0. The predicted molar refractivity (Wildman–Crippen MR) is 117 cm³/mol. The van der Waals surface area contributed by atoms with Crippen molar-refractivity contribution >= 4 is 22.6 Å². The van der Waals surface area contributed by atoms with Crippen LogP contribution in [0.25, 0.3) is 11.0 Å². The number of hydrogen-bond donors (Lipinski definition) is 0. The van der Waals surface area contributed by atoms with E-state index in [1.807, 2.05) is 18.2 Å². The molecule has 0 radical (unpaired) electrons. The molecule has 28 heavy (non-hydrogen) atoms. The Kier molecular flexibility index (Phi) is 6.97. The normalized spacial score (nSPS) is 11.5. The number of hydrogen-bond acceptors (Lipinski definition) is 3. The van der Waals surface area contributed by atoms with Gasteiger partial charge in [0.2, 0.25) is 0 Å². The summed E-state index contributed by atoms with van der Waals surface area (Å²) >= 11 is 6.19. The fraction of sp³-hybridized carbons (Fsp3) is 0.435. The van der Waals surface area contributed by atoms with Gasteiger partial charge in [0.05, 0.1) is 11.0 Å². The van der Waals surface area contributed by atoms with Crippen LogP contribution in [0.1, 0.15) is 37.2 Å². The first-order chi connectivity index (χ1) is 13.5. The zero-order valence-corrected chi connectivity index (χ0v) is 18.1. The molecular formula is C23H30ClN3O. The highest BCUT2D eigenvalue weighted by Gasteiger charge is 2.13. The number of benzene rings is 2. The van der Waals surface area contributed by atoms with E-state index in [9.17, 15) is 0 Å². The van der Waals surface area contributed by atoms with Crippen molar-refractivity contribution in [3.05, 3.63) is 58.4 Å². The van der Waals surface area contributed by atoms with Gasteiger partial charge >= 0.3 is 0 Å².